The van der Waals surface area contributed by atoms with Crippen LogP contribution in [0.15, 0.2) is 42.5 Å². The average Bonchev–Trinajstić information content (AvgIpc) is 2.42. The van der Waals surface area contributed by atoms with Gasteiger partial charge >= 0.3 is 0 Å². The number of fused-ring (bicyclic) bond motifs is 1. The van der Waals surface area contributed by atoms with E-state index in [9.17, 15) is 4.79 Å². The van der Waals surface area contributed by atoms with Crippen molar-refractivity contribution in [1.82, 2.24) is 5.32 Å². The highest BCUT2D eigenvalue weighted by atomic mass is 32.1. The summed E-state index contributed by atoms with van der Waals surface area (Å²) in [6.07, 6.45) is 0. The fourth-order valence-corrected chi connectivity index (χ4v) is 1.77. The highest BCUT2D eigenvalue weighted by Crippen LogP contribution is 2.24. The van der Waals surface area contributed by atoms with Gasteiger partial charge in [-0.25, -0.2) is 0 Å². The predicted molar refractivity (Wildman–Crippen MR) is 79.2 cm³/mol. The Morgan fingerprint density at radius 3 is 2.74 bits per heavy atom. The van der Waals surface area contributed by atoms with E-state index in [1.165, 1.54) is 0 Å². The van der Waals surface area contributed by atoms with Crippen LogP contribution in [0.25, 0.3) is 10.8 Å². The molecule has 2 aromatic rings. The summed E-state index contributed by atoms with van der Waals surface area (Å²) in [6, 6.07) is 13.6. The SMILES string of the molecule is NC(=S)CNC(=O)COc1cccc2ccccc12. The van der Waals surface area contributed by atoms with Gasteiger partial charge in [-0.3, -0.25) is 4.79 Å². The number of benzene rings is 2. The van der Waals surface area contributed by atoms with E-state index in [4.69, 9.17) is 10.5 Å². The summed E-state index contributed by atoms with van der Waals surface area (Å²) in [4.78, 5) is 11.8. The van der Waals surface area contributed by atoms with Crippen molar-refractivity contribution in [3.05, 3.63) is 42.5 Å². The molecule has 3 N–H and O–H groups in total. The van der Waals surface area contributed by atoms with Gasteiger partial charge in [-0.1, -0.05) is 48.6 Å². The summed E-state index contributed by atoms with van der Waals surface area (Å²) in [5.74, 6) is 0.435. The van der Waals surface area contributed by atoms with Crippen LogP contribution < -0.4 is 15.8 Å². The van der Waals surface area contributed by atoms with Crippen LogP contribution in [-0.2, 0) is 4.79 Å². The first-order chi connectivity index (χ1) is 9.16. The van der Waals surface area contributed by atoms with Crippen molar-refractivity contribution in [3.8, 4) is 5.75 Å². The van der Waals surface area contributed by atoms with Crippen LogP contribution in [0.1, 0.15) is 0 Å². The van der Waals surface area contributed by atoms with E-state index in [0.29, 0.717) is 5.75 Å². The molecule has 19 heavy (non-hydrogen) atoms. The molecule has 0 aromatic heterocycles. The molecule has 2 aromatic carbocycles. The Labute approximate surface area is 116 Å². The number of carbonyl (C=O) groups is 1. The van der Waals surface area contributed by atoms with E-state index >= 15 is 0 Å². The number of thiocarbonyl (C=S) groups is 1. The lowest BCUT2D eigenvalue weighted by Crippen LogP contribution is -2.35. The molecule has 0 spiro atoms. The zero-order valence-corrected chi connectivity index (χ0v) is 11.1. The van der Waals surface area contributed by atoms with Gasteiger partial charge in [0.05, 0.1) is 11.5 Å². The second-order valence-electron chi connectivity index (χ2n) is 4.01. The minimum atomic E-state index is -0.249. The fraction of sp³-hybridized carbons (Fsp3) is 0.143. The lowest BCUT2D eigenvalue weighted by molar-refractivity contribution is -0.122. The third-order valence-electron chi connectivity index (χ3n) is 2.57. The van der Waals surface area contributed by atoms with Crippen LogP contribution in [0, 0.1) is 0 Å². The maximum absolute atomic E-state index is 11.5. The van der Waals surface area contributed by atoms with E-state index in [-0.39, 0.29) is 24.0 Å². The zero-order chi connectivity index (χ0) is 13.7. The molecule has 0 unspecified atom stereocenters. The van der Waals surface area contributed by atoms with Gasteiger partial charge in [0, 0.05) is 5.39 Å². The first-order valence-electron chi connectivity index (χ1n) is 5.82. The van der Waals surface area contributed by atoms with Crippen molar-refractivity contribution < 1.29 is 9.53 Å². The topological polar surface area (TPSA) is 64.3 Å². The summed E-state index contributed by atoms with van der Waals surface area (Å²) in [5.41, 5.74) is 5.30. The molecule has 0 saturated heterocycles. The Morgan fingerprint density at radius 2 is 1.95 bits per heavy atom. The van der Waals surface area contributed by atoms with Gasteiger partial charge in [-0.15, -0.1) is 0 Å². The molecule has 2 rings (SSSR count). The standard InChI is InChI=1S/C14H14N2O2S/c15-13(19)8-16-14(17)9-18-12-7-3-5-10-4-1-2-6-11(10)12/h1-7H,8-9H2,(H2,15,19)(H,16,17). The monoisotopic (exact) mass is 274 g/mol. The molecule has 0 aliphatic rings. The summed E-state index contributed by atoms with van der Waals surface area (Å²) in [6.45, 7) is 0.129. The molecule has 0 aliphatic carbocycles. The minimum absolute atomic E-state index is 0.0589. The minimum Gasteiger partial charge on any atom is -0.483 e. The molecule has 1 amide bonds. The lowest BCUT2D eigenvalue weighted by Gasteiger charge is -2.09. The Kier molecular flexibility index (Phi) is 4.30. The van der Waals surface area contributed by atoms with Crippen LogP contribution in [-0.4, -0.2) is 24.0 Å². The van der Waals surface area contributed by atoms with Gasteiger partial charge in [0.15, 0.2) is 6.61 Å². The Balaban J connectivity index is 2.02. The first-order valence-corrected chi connectivity index (χ1v) is 6.23. The summed E-state index contributed by atoms with van der Waals surface area (Å²) in [5, 5.41) is 4.62. The number of ether oxygens (including phenoxy) is 1. The number of nitrogens with two attached hydrogens (primary N) is 1. The second kappa shape index (κ2) is 6.15. The Bertz CT molecular complexity index is 608. The number of hydrogen-bond donors (Lipinski definition) is 2. The van der Waals surface area contributed by atoms with Crippen LogP contribution in [0.3, 0.4) is 0 Å². The molecular weight excluding hydrogens is 260 g/mol. The van der Waals surface area contributed by atoms with Crippen molar-refractivity contribution in [2.75, 3.05) is 13.2 Å². The zero-order valence-electron chi connectivity index (χ0n) is 10.3. The molecule has 0 radical (unpaired) electrons. The first kappa shape index (κ1) is 13.3. The lowest BCUT2D eigenvalue weighted by atomic mass is 10.1. The normalized spacial score (nSPS) is 10.1. The molecular formula is C14H14N2O2S. The Hall–Kier alpha value is -2.14. The smallest absolute Gasteiger partial charge is 0.258 e. The van der Waals surface area contributed by atoms with Gasteiger partial charge < -0.3 is 15.8 Å². The van der Waals surface area contributed by atoms with Crippen molar-refractivity contribution in [2.45, 2.75) is 0 Å². The summed E-state index contributed by atoms with van der Waals surface area (Å²) >= 11 is 4.68. The second-order valence-corrected chi connectivity index (χ2v) is 4.53. The van der Waals surface area contributed by atoms with Gasteiger partial charge in [-0.05, 0) is 11.5 Å². The largest absolute Gasteiger partial charge is 0.483 e. The van der Waals surface area contributed by atoms with E-state index in [1.807, 2.05) is 42.5 Å². The third-order valence-corrected chi connectivity index (χ3v) is 2.71. The van der Waals surface area contributed by atoms with Crippen LogP contribution >= 0.6 is 12.2 Å². The van der Waals surface area contributed by atoms with Gasteiger partial charge in [0.1, 0.15) is 5.75 Å². The molecule has 98 valence electrons. The molecule has 4 nitrogen and oxygen atoms in total. The van der Waals surface area contributed by atoms with Gasteiger partial charge in [-0.2, -0.15) is 0 Å². The van der Waals surface area contributed by atoms with E-state index in [2.05, 4.69) is 17.5 Å². The van der Waals surface area contributed by atoms with Gasteiger partial charge in [0.25, 0.3) is 5.91 Å². The van der Waals surface area contributed by atoms with Crippen LogP contribution in [0.2, 0.25) is 0 Å². The number of hydrogen-bond acceptors (Lipinski definition) is 3. The fourth-order valence-electron chi connectivity index (χ4n) is 1.70. The molecule has 0 fully saturated rings. The molecule has 0 heterocycles. The molecule has 0 saturated carbocycles. The van der Waals surface area contributed by atoms with Crippen molar-refractivity contribution in [3.63, 3.8) is 0 Å². The van der Waals surface area contributed by atoms with Crippen LogP contribution in [0.5, 0.6) is 5.75 Å². The molecule has 0 bridgehead atoms. The maximum Gasteiger partial charge on any atom is 0.258 e. The number of nitrogens with one attached hydrogen (secondary N) is 1. The van der Waals surface area contributed by atoms with Crippen LogP contribution in [0.4, 0.5) is 0 Å². The van der Waals surface area contributed by atoms with Crippen molar-refractivity contribution in [1.29, 1.82) is 0 Å². The van der Waals surface area contributed by atoms with Crippen molar-refractivity contribution >= 4 is 33.9 Å². The summed E-state index contributed by atoms with van der Waals surface area (Å²) in [7, 11) is 0. The number of rotatable bonds is 5. The predicted octanol–water partition coefficient (Wildman–Crippen LogP) is 1.62. The van der Waals surface area contributed by atoms with E-state index in [0.717, 1.165) is 10.8 Å². The summed E-state index contributed by atoms with van der Waals surface area (Å²) < 4.78 is 5.52. The van der Waals surface area contributed by atoms with Gasteiger partial charge in [0.2, 0.25) is 0 Å². The number of carbonyl (C=O) groups excluding carboxylic acids is 1. The number of amides is 1. The van der Waals surface area contributed by atoms with E-state index < -0.39 is 0 Å². The van der Waals surface area contributed by atoms with Crippen molar-refractivity contribution in [2.24, 2.45) is 5.73 Å². The molecule has 0 atom stereocenters. The average molecular weight is 274 g/mol. The quantitative estimate of drug-likeness (QED) is 0.813. The molecule has 5 heteroatoms. The Morgan fingerprint density at radius 1 is 1.21 bits per heavy atom. The highest BCUT2D eigenvalue weighted by molar-refractivity contribution is 7.80. The van der Waals surface area contributed by atoms with E-state index in [1.54, 1.807) is 0 Å². The molecule has 0 aliphatic heterocycles. The highest BCUT2D eigenvalue weighted by Gasteiger charge is 2.05. The maximum atomic E-state index is 11.5. The third kappa shape index (κ3) is 3.66.